The molecule has 0 aromatic carbocycles. The molecule has 0 saturated heterocycles. The molecule has 0 atom stereocenters. The van der Waals surface area contributed by atoms with Crippen molar-refractivity contribution in [3.63, 3.8) is 0 Å². The van der Waals surface area contributed by atoms with Gasteiger partial charge in [-0.2, -0.15) is 0 Å². The summed E-state index contributed by atoms with van der Waals surface area (Å²) in [4.78, 5) is 17.3. The molecule has 0 aliphatic heterocycles. The summed E-state index contributed by atoms with van der Waals surface area (Å²) in [6, 6.07) is 5.23. The molecule has 0 saturated carbocycles. The fourth-order valence-corrected chi connectivity index (χ4v) is 4.34. The van der Waals surface area contributed by atoms with Gasteiger partial charge in [0, 0.05) is 29.9 Å². The molecule has 0 fully saturated rings. The minimum atomic E-state index is -0.0695. The first kappa shape index (κ1) is 16.6. The minimum absolute atomic E-state index is 0.0695. The van der Waals surface area contributed by atoms with E-state index in [1.165, 1.54) is 23.1 Å². The highest BCUT2D eigenvalue weighted by atomic mass is 79.9. The maximum absolute atomic E-state index is 12.1. The molecule has 7 nitrogen and oxygen atoms in total. The quantitative estimate of drug-likeness (QED) is 0.443. The van der Waals surface area contributed by atoms with Crippen molar-refractivity contribution in [2.24, 2.45) is 0 Å². The second-order valence-corrected chi connectivity index (χ2v) is 7.68. The van der Waals surface area contributed by atoms with Crippen molar-refractivity contribution in [1.82, 2.24) is 24.1 Å². The molecule has 4 rings (SSSR count). The maximum atomic E-state index is 12.1. The number of furan rings is 1. The van der Waals surface area contributed by atoms with Crippen molar-refractivity contribution in [1.29, 1.82) is 0 Å². The molecular weight excluding hydrogens is 426 g/mol. The van der Waals surface area contributed by atoms with Crippen LogP contribution in [0.1, 0.15) is 12.6 Å². The zero-order chi connectivity index (χ0) is 17.4. The van der Waals surface area contributed by atoms with Crippen LogP contribution in [0, 0.1) is 0 Å². The number of hydrogen-bond donors (Lipinski definition) is 0. The Balaban J connectivity index is 1.60. The van der Waals surface area contributed by atoms with Crippen LogP contribution in [0.3, 0.4) is 0 Å². The number of hydrogen-bond acceptors (Lipinski definition) is 7. The van der Waals surface area contributed by atoms with Crippen LogP contribution >= 0.6 is 39.0 Å². The Morgan fingerprint density at radius 2 is 2.24 bits per heavy atom. The monoisotopic (exact) mass is 437 g/mol. The summed E-state index contributed by atoms with van der Waals surface area (Å²) in [5.41, 5.74) is 0.658. The van der Waals surface area contributed by atoms with E-state index in [0.29, 0.717) is 33.5 Å². The first-order valence-electron chi connectivity index (χ1n) is 7.43. The number of halogens is 1. The van der Waals surface area contributed by atoms with Crippen molar-refractivity contribution in [3.05, 3.63) is 50.5 Å². The van der Waals surface area contributed by atoms with Gasteiger partial charge in [-0.3, -0.25) is 13.8 Å². The van der Waals surface area contributed by atoms with Gasteiger partial charge in [0.15, 0.2) is 20.5 Å². The molecule has 0 spiro atoms. The van der Waals surface area contributed by atoms with E-state index in [0.717, 1.165) is 10.9 Å². The SMILES string of the molecule is CCn1c(SCc2cc(=O)n3ccsc3n2)nnc1-c1ccc(Br)o1. The first-order chi connectivity index (χ1) is 12.2. The van der Waals surface area contributed by atoms with Crippen LogP contribution in [0.25, 0.3) is 16.5 Å². The van der Waals surface area contributed by atoms with Gasteiger partial charge in [0.2, 0.25) is 5.82 Å². The lowest BCUT2D eigenvalue weighted by Gasteiger charge is -2.05. The topological polar surface area (TPSA) is 78.2 Å². The molecule has 128 valence electrons. The lowest BCUT2D eigenvalue weighted by molar-refractivity contribution is 0.543. The lowest BCUT2D eigenvalue weighted by atomic mass is 10.4. The minimum Gasteiger partial charge on any atom is -0.446 e. The van der Waals surface area contributed by atoms with Crippen molar-refractivity contribution in [3.8, 4) is 11.6 Å². The van der Waals surface area contributed by atoms with Crippen molar-refractivity contribution in [2.45, 2.75) is 24.4 Å². The Kier molecular flexibility index (Phi) is 4.48. The van der Waals surface area contributed by atoms with E-state index in [1.54, 1.807) is 16.7 Å². The van der Waals surface area contributed by atoms with Crippen LogP contribution in [0.15, 0.2) is 48.8 Å². The predicted octanol–water partition coefficient (Wildman–Crippen LogP) is 3.68. The number of aromatic nitrogens is 5. The fraction of sp³-hybridized carbons (Fsp3) is 0.200. The van der Waals surface area contributed by atoms with E-state index in [4.69, 9.17) is 4.42 Å². The van der Waals surface area contributed by atoms with Crippen LogP contribution < -0.4 is 5.56 Å². The highest BCUT2D eigenvalue weighted by Crippen LogP contribution is 2.28. The maximum Gasteiger partial charge on any atom is 0.258 e. The average molecular weight is 438 g/mol. The Labute approximate surface area is 158 Å². The molecule has 0 aliphatic rings. The third kappa shape index (κ3) is 3.16. The largest absolute Gasteiger partial charge is 0.446 e. The zero-order valence-electron chi connectivity index (χ0n) is 13.0. The van der Waals surface area contributed by atoms with E-state index in [2.05, 4.69) is 31.1 Å². The third-order valence-electron chi connectivity index (χ3n) is 3.53. The Morgan fingerprint density at radius 3 is 3.00 bits per heavy atom. The number of rotatable bonds is 5. The van der Waals surface area contributed by atoms with Crippen molar-refractivity contribution < 1.29 is 4.42 Å². The third-order valence-corrected chi connectivity index (χ3v) is 5.72. The summed E-state index contributed by atoms with van der Waals surface area (Å²) in [5, 5.41) is 11.1. The number of thioether (sulfide) groups is 1. The molecule has 25 heavy (non-hydrogen) atoms. The Morgan fingerprint density at radius 1 is 1.36 bits per heavy atom. The highest BCUT2D eigenvalue weighted by Gasteiger charge is 2.16. The smallest absolute Gasteiger partial charge is 0.258 e. The molecule has 0 radical (unpaired) electrons. The standard InChI is InChI=1S/C15H12BrN5O2S2/c1-2-20-13(10-3-4-11(16)23-10)18-19-15(20)25-8-9-7-12(22)21-5-6-24-14(21)17-9/h3-7H,2,8H2,1H3. The molecule has 4 aromatic heterocycles. The summed E-state index contributed by atoms with van der Waals surface area (Å²) < 4.78 is 9.74. The molecule has 0 unspecified atom stereocenters. The molecule has 0 bridgehead atoms. The zero-order valence-corrected chi connectivity index (χ0v) is 16.3. The van der Waals surface area contributed by atoms with Crippen LogP contribution in [0.2, 0.25) is 0 Å². The predicted molar refractivity (Wildman–Crippen MR) is 100.0 cm³/mol. The number of thiazole rings is 1. The molecule has 0 amide bonds. The van der Waals surface area contributed by atoms with E-state index >= 15 is 0 Å². The average Bonchev–Trinajstić information content (AvgIpc) is 3.31. The van der Waals surface area contributed by atoms with Gasteiger partial charge < -0.3 is 4.42 Å². The van der Waals surface area contributed by atoms with Gasteiger partial charge in [-0.1, -0.05) is 11.8 Å². The van der Waals surface area contributed by atoms with Crippen molar-refractivity contribution >= 4 is 44.0 Å². The van der Waals surface area contributed by atoms with Crippen LogP contribution in [0.4, 0.5) is 0 Å². The summed E-state index contributed by atoms with van der Waals surface area (Å²) in [5.74, 6) is 1.88. The molecule has 0 aliphatic carbocycles. The normalized spacial score (nSPS) is 11.4. The summed E-state index contributed by atoms with van der Waals surface area (Å²) >= 11 is 6.24. The molecule has 0 N–H and O–H groups in total. The molecule has 4 heterocycles. The van der Waals surface area contributed by atoms with Gasteiger partial charge >= 0.3 is 0 Å². The van der Waals surface area contributed by atoms with E-state index in [-0.39, 0.29) is 5.56 Å². The number of nitrogens with zero attached hydrogens (tertiary/aromatic N) is 5. The molecule has 4 aromatic rings. The fourth-order valence-electron chi connectivity index (χ4n) is 2.40. The van der Waals surface area contributed by atoms with Crippen LogP contribution in [-0.2, 0) is 12.3 Å². The molecule has 10 heteroatoms. The Hall–Kier alpha value is -1.91. The van der Waals surface area contributed by atoms with Gasteiger partial charge in [0.25, 0.3) is 5.56 Å². The van der Waals surface area contributed by atoms with Gasteiger partial charge in [-0.25, -0.2) is 4.98 Å². The second-order valence-electron chi connectivity index (χ2n) is 5.08. The highest BCUT2D eigenvalue weighted by molar-refractivity contribution is 9.10. The first-order valence-corrected chi connectivity index (χ1v) is 10.1. The van der Waals surface area contributed by atoms with Gasteiger partial charge in [0.1, 0.15) is 0 Å². The van der Waals surface area contributed by atoms with E-state index < -0.39 is 0 Å². The summed E-state index contributed by atoms with van der Waals surface area (Å²) in [7, 11) is 0. The number of fused-ring (bicyclic) bond motifs is 1. The van der Waals surface area contributed by atoms with E-state index in [9.17, 15) is 4.79 Å². The van der Waals surface area contributed by atoms with E-state index in [1.807, 2.05) is 29.0 Å². The second kappa shape index (κ2) is 6.77. The Bertz CT molecular complexity index is 1100. The molecular formula is C15H12BrN5O2S2. The van der Waals surface area contributed by atoms with Crippen LogP contribution in [-0.4, -0.2) is 24.1 Å². The summed E-state index contributed by atoms with van der Waals surface area (Å²) in [6.07, 6.45) is 1.73. The lowest BCUT2D eigenvalue weighted by Crippen LogP contribution is -2.12. The summed E-state index contributed by atoms with van der Waals surface area (Å²) in [6.45, 7) is 2.74. The van der Waals surface area contributed by atoms with Gasteiger partial charge in [0.05, 0.1) is 5.69 Å². The van der Waals surface area contributed by atoms with Gasteiger partial charge in [-0.05, 0) is 35.0 Å². The van der Waals surface area contributed by atoms with Crippen molar-refractivity contribution in [2.75, 3.05) is 0 Å². The van der Waals surface area contributed by atoms with Crippen LogP contribution in [0.5, 0.6) is 0 Å². The van der Waals surface area contributed by atoms with Gasteiger partial charge in [-0.15, -0.1) is 21.5 Å².